The van der Waals surface area contributed by atoms with Crippen LogP contribution >= 0.6 is 0 Å². The zero-order chi connectivity index (χ0) is 15.8. The topological polar surface area (TPSA) is 42.7 Å². The summed E-state index contributed by atoms with van der Waals surface area (Å²) in [7, 11) is 0. The highest BCUT2D eigenvalue weighted by Crippen LogP contribution is 2.37. The highest BCUT2D eigenvalue weighted by atomic mass is 19.1. The quantitative estimate of drug-likeness (QED) is 0.781. The van der Waals surface area contributed by atoms with Crippen molar-refractivity contribution in [2.45, 2.75) is 25.4 Å². The van der Waals surface area contributed by atoms with Crippen molar-refractivity contribution >= 4 is 5.95 Å². The predicted molar refractivity (Wildman–Crippen MR) is 86.7 cm³/mol. The van der Waals surface area contributed by atoms with E-state index in [1.807, 2.05) is 16.8 Å². The van der Waals surface area contributed by atoms with Gasteiger partial charge in [-0.05, 0) is 36.6 Å². The van der Waals surface area contributed by atoms with Crippen molar-refractivity contribution < 1.29 is 4.39 Å². The van der Waals surface area contributed by atoms with Gasteiger partial charge in [-0.1, -0.05) is 42.0 Å². The van der Waals surface area contributed by atoms with Crippen molar-refractivity contribution in [2.24, 2.45) is 0 Å². The van der Waals surface area contributed by atoms with E-state index in [9.17, 15) is 4.39 Å². The van der Waals surface area contributed by atoms with Gasteiger partial charge in [0.25, 0.3) is 0 Å². The number of benzene rings is 2. The Morgan fingerprint density at radius 2 is 1.74 bits per heavy atom. The summed E-state index contributed by atoms with van der Waals surface area (Å²) >= 11 is 0. The Morgan fingerprint density at radius 3 is 2.48 bits per heavy atom. The minimum atomic E-state index is -0.225. The molecule has 2 heterocycles. The summed E-state index contributed by atoms with van der Waals surface area (Å²) in [5.74, 6) is 0.521. The molecule has 0 aliphatic carbocycles. The Morgan fingerprint density at radius 1 is 1.04 bits per heavy atom. The van der Waals surface area contributed by atoms with Gasteiger partial charge >= 0.3 is 0 Å². The average Bonchev–Trinajstić information content (AvgIpc) is 3.04. The molecule has 23 heavy (non-hydrogen) atoms. The third-order valence-corrected chi connectivity index (χ3v) is 4.37. The molecule has 1 N–H and O–H groups in total. The zero-order valence-electron chi connectivity index (χ0n) is 12.8. The fraction of sp³-hybridized carbons (Fsp3) is 0.222. The third-order valence-electron chi connectivity index (χ3n) is 4.37. The second-order valence-corrected chi connectivity index (χ2v) is 5.94. The minimum absolute atomic E-state index is 0.0423. The molecule has 1 aromatic heterocycles. The number of aromatic nitrogens is 3. The first-order chi connectivity index (χ1) is 11.2. The first kappa shape index (κ1) is 13.9. The number of hydrogen-bond acceptors (Lipinski definition) is 3. The molecular formula is C18H17FN4. The lowest BCUT2D eigenvalue weighted by Gasteiger charge is -2.31. The van der Waals surface area contributed by atoms with Crippen LogP contribution in [0, 0.1) is 12.7 Å². The third kappa shape index (κ3) is 2.59. The van der Waals surface area contributed by atoms with E-state index in [0.717, 1.165) is 17.9 Å². The molecule has 1 aliphatic heterocycles. The standard InChI is InChI=1S/C18H17FN4/c1-12-2-4-13(5-3-12)16-10-17(14-6-8-15(19)9-7-14)23-18(22-16)20-11-21-23/h2-9,11,16-17H,10H2,1H3,(H,20,21,22)/t16-,17+/m0/s1. The van der Waals surface area contributed by atoms with Gasteiger partial charge in [0.1, 0.15) is 12.1 Å². The maximum Gasteiger partial charge on any atom is 0.222 e. The molecular weight excluding hydrogens is 291 g/mol. The molecule has 5 heteroatoms. The van der Waals surface area contributed by atoms with Gasteiger partial charge in [0.15, 0.2) is 0 Å². The van der Waals surface area contributed by atoms with Crippen molar-refractivity contribution in [2.75, 3.05) is 5.32 Å². The van der Waals surface area contributed by atoms with Gasteiger partial charge in [-0.3, -0.25) is 0 Å². The van der Waals surface area contributed by atoms with Gasteiger partial charge in [0.05, 0.1) is 12.1 Å². The van der Waals surface area contributed by atoms with Crippen LogP contribution in [0.3, 0.4) is 0 Å². The molecule has 1 aliphatic rings. The number of aryl methyl sites for hydroxylation is 1. The van der Waals surface area contributed by atoms with Crippen molar-refractivity contribution in [3.05, 3.63) is 77.4 Å². The van der Waals surface area contributed by atoms with Crippen molar-refractivity contribution in [1.29, 1.82) is 0 Å². The molecule has 0 saturated carbocycles. The maximum absolute atomic E-state index is 13.2. The molecule has 0 amide bonds. The normalized spacial score (nSPS) is 19.9. The smallest absolute Gasteiger partial charge is 0.222 e. The zero-order valence-corrected chi connectivity index (χ0v) is 12.8. The van der Waals surface area contributed by atoms with Gasteiger partial charge in [-0.2, -0.15) is 10.1 Å². The molecule has 0 bridgehead atoms. The lowest BCUT2D eigenvalue weighted by molar-refractivity contribution is 0.430. The van der Waals surface area contributed by atoms with Crippen LogP contribution in [0.15, 0.2) is 54.9 Å². The molecule has 0 radical (unpaired) electrons. The fourth-order valence-electron chi connectivity index (χ4n) is 3.10. The first-order valence-electron chi connectivity index (χ1n) is 7.69. The molecule has 4 nitrogen and oxygen atoms in total. The summed E-state index contributed by atoms with van der Waals surface area (Å²) in [6.07, 6.45) is 2.39. The largest absolute Gasteiger partial charge is 0.348 e. The maximum atomic E-state index is 13.2. The molecule has 0 saturated heterocycles. The number of hydrogen-bond donors (Lipinski definition) is 1. The molecule has 4 rings (SSSR count). The van der Waals surface area contributed by atoms with E-state index in [-0.39, 0.29) is 17.9 Å². The Bertz CT molecular complexity index is 808. The lowest BCUT2D eigenvalue weighted by atomic mass is 9.93. The number of nitrogens with zero attached hydrogens (tertiary/aromatic N) is 3. The van der Waals surface area contributed by atoms with Crippen molar-refractivity contribution in [1.82, 2.24) is 14.8 Å². The average molecular weight is 308 g/mol. The molecule has 2 aromatic carbocycles. The molecule has 116 valence electrons. The van der Waals surface area contributed by atoms with E-state index in [1.54, 1.807) is 6.33 Å². The highest BCUT2D eigenvalue weighted by Gasteiger charge is 2.29. The molecule has 3 aromatic rings. The summed E-state index contributed by atoms with van der Waals surface area (Å²) in [5.41, 5.74) is 3.50. The van der Waals surface area contributed by atoms with Gasteiger partial charge in [-0.25, -0.2) is 9.07 Å². The van der Waals surface area contributed by atoms with Crippen molar-refractivity contribution in [3.8, 4) is 0 Å². The predicted octanol–water partition coefficient (Wildman–Crippen LogP) is 3.87. The Hall–Kier alpha value is -2.69. The number of nitrogens with one attached hydrogen (secondary N) is 1. The monoisotopic (exact) mass is 308 g/mol. The summed E-state index contributed by atoms with van der Waals surface area (Å²) in [4.78, 5) is 4.31. The number of anilines is 1. The number of halogens is 1. The second kappa shape index (κ2) is 5.50. The first-order valence-corrected chi connectivity index (χ1v) is 7.69. The SMILES string of the molecule is Cc1ccc([C@@H]2C[C@H](c3ccc(F)cc3)n3ncnc3N2)cc1. The highest BCUT2D eigenvalue weighted by molar-refractivity contribution is 5.38. The summed E-state index contributed by atoms with van der Waals surface area (Å²) in [6, 6.07) is 15.3. The van der Waals surface area contributed by atoms with Gasteiger partial charge < -0.3 is 5.32 Å². The van der Waals surface area contributed by atoms with Crippen molar-refractivity contribution in [3.63, 3.8) is 0 Å². The Kier molecular flexibility index (Phi) is 3.33. The van der Waals surface area contributed by atoms with E-state index in [0.29, 0.717) is 0 Å². The van der Waals surface area contributed by atoms with E-state index < -0.39 is 0 Å². The molecule has 0 spiro atoms. The lowest BCUT2D eigenvalue weighted by Crippen LogP contribution is -2.28. The van der Waals surface area contributed by atoms with Crippen LogP contribution < -0.4 is 5.32 Å². The van der Waals surface area contributed by atoms with Crippen LogP contribution in [0.1, 0.15) is 35.2 Å². The van der Waals surface area contributed by atoms with E-state index in [1.165, 1.54) is 23.3 Å². The van der Waals surface area contributed by atoms with E-state index >= 15 is 0 Å². The molecule has 0 fully saturated rings. The van der Waals surface area contributed by atoms with Crippen LogP contribution in [0.5, 0.6) is 0 Å². The van der Waals surface area contributed by atoms with Crippen LogP contribution in [0.4, 0.5) is 10.3 Å². The van der Waals surface area contributed by atoms with Crippen LogP contribution in [-0.4, -0.2) is 14.8 Å². The molecule has 2 atom stereocenters. The van der Waals surface area contributed by atoms with Crippen LogP contribution in [0.25, 0.3) is 0 Å². The summed E-state index contributed by atoms with van der Waals surface area (Å²) < 4.78 is 15.1. The minimum Gasteiger partial charge on any atom is -0.348 e. The Labute approximate surface area is 134 Å². The van der Waals surface area contributed by atoms with Crippen LogP contribution in [-0.2, 0) is 0 Å². The van der Waals surface area contributed by atoms with E-state index in [2.05, 4.69) is 46.6 Å². The fourth-order valence-corrected chi connectivity index (χ4v) is 3.10. The van der Waals surface area contributed by atoms with E-state index in [4.69, 9.17) is 0 Å². The molecule has 0 unspecified atom stereocenters. The number of rotatable bonds is 2. The number of fused-ring (bicyclic) bond motifs is 1. The van der Waals surface area contributed by atoms with Gasteiger partial charge in [0.2, 0.25) is 5.95 Å². The summed E-state index contributed by atoms with van der Waals surface area (Å²) in [6.45, 7) is 2.08. The van der Waals surface area contributed by atoms with Gasteiger partial charge in [-0.15, -0.1) is 0 Å². The second-order valence-electron chi connectivity index (χ2n) is 5.94. The van der Waals surface area contributed by atoms with Gasteiger partial charge in [0, 0.05) is 0 Å². The summed E-state index contributed by atoms with van der Waals surface area (Å²) in [5, 5.41) is 7.77. The van der Waals surface area contributed by atoms with Crippen LogP contribution in [0.2, 0.25) is 0 Å². The Balaban J connectivity index is 1.71.